The van der Waals surface area contributed by atoms with Gasteiger partial charge in [-0.05, 0) is 50.4 Å². The first-order chi connectivity index (χ1) is 8.15. The molecule has 0 saturated carbocycles. The lowest BCUT2D eigenvalue weighted by Crippen LogP contribution is -2.16. The molecule has 0 amide bonds. The molecule has 90 valence electrons. The van der Waals surface area contributed by atoms with Crippen LogP contribution in [0.2, 0.25) is 0 Å². The van der Waals surface area contributed by atoms with Crippen molar-refractivity contribution >= 4 is 23.3 Å². The number of hydrogen-bond donors (Lipinski definition) is 1. The summed E-state index contributed by atoms with van der Waals surface area (Å²) in [5, 5.41) is 0. The summed E-state index contributed by atoms with van der Waals surface area (Å²) in [6.45, 7) is 2.08. The maximum absolute atomic E-state index is 13.1. The smallest absolute Gasteiger partial charge is 0.178 e. The molecule has 1 atom stereocenters. The highest BCUT2D eigenvalue weighted by Gasteiger charge is 2.23. The number of likely N-dealkylation sites (N-methyl/N-ethyl adjacent to an activating group) is 1. The molecule has 2 aromatic rings. The minimum atomic E-state index is -0.232. The van der Waals surface area contributed by atoms with Crippen molar-refractivity contribution in [3.05, 3.63) is 28.8 Å². The van der Waals surface area contributed by atoms with Gasteiger partial charge in [0.05, 0.1) is 17.1 Å². The summed E-state index contributed by atoms with van der Waals surface area (Å²) in [5.41, 5.74) is 1.78. The second kappa shape index (κ2) is 3.92. The van der Waals surface area contributed by atoms with Crippen LogP contribution in [-0.4, -0.2) is 34.6 Å². The van der Waals surface area contributed by atoms with E-state index < -0.39 is 0 Å². The minimum Gasteiger partial charge on any atom is -0.330 e. The predicted octanol–water partition coefficient (Wildman–Crippen LogP) is 2.71. The predicted molar refractivity (Wildman–Crippen MR) is 68.2 cm³/mol. The van der Waals surface area contributed by atoms with Gasteiger partial charge in [0.15, 0.2) is 4.77 Å². The lowest BCUT2D eigenvalue weighted by molar-refractivity contribution is 0.394. The number of nitrogens with one attached hydrogen (secondary N) is 1. The van der Waals surface area contributed by atoms with Crippen LogP contribution in [0.5, 0.6) is 0 Å². The van der Waals surface area contributed by atoms with Gasteiger partial charge in [0.2, 0.25) is 0 Å². The van der Waals surface area contributed by atoms with Crippen LogP contribution in [0, 0.1) is 10.6 Å². The fourth-order valence-electron chi connectivity index (χ4n) is 2.59. The topological polar surface area (TPSA) is 24.0 Å². The van der Waals surface area contributed by atoms with Gasteiger partial charge in [-0.2, -0.15) is 0 Å². The molecule has 0 bridgehead atoms. The van der Waals surface area contributed by atoms with Gasteiger partial charge < -0.3 is 14.5 Å². The van der Waals surface area contributed by atoms with Crippen LogP contribution < -0.4 is 0 Å². The Labute approximate surface area is 104 Å². The number of halogens is 1. The first-order valence-corrected chi connectivity index (χ1v) is 6.14. The fraction of sp³-hybridized carbons (Fsp3) is 0.417. The van der Waals surface area contributed by atoms with Gasteiger partial charge in [-0.3, -0.25) is 0 Å². The number of benzene rings is 1. The van der Waals surface area contributed by atoms with Crippen molar-refractivity contribution in [3.8, 4) is 0 Å². The maximum atomic E-state index is 13.1. The Bertz CT molecular complexity index is 616. The van der Waals surface area contributed by atoms with Crippen molar-refractivity contribution in [3.63, 3.8) is 0 Å². The molecule has 1 saturated heterocycles. The Kier molecular flexibility index (Phi) is 2.52. The van der Waals surface area contributed by atoms with E-state index in [1.165, 1.54) is 12.1 Å². The highest BCUT2D eigenvalue weighted by atomic mass is 32.1. The molecule has 1 aliphatic rings. The van der Waals surface area contributed by atoms with Crippen molar-refractivity contribution in [2.45, 2.75) is 12.5 Å². The van der Waals surface area contributed by atoms with E-state index in [0.717, 1.165) is 30.5 Å². The Hall–Kier alpha value is -1.20. The van der Waals surface area contributed by atoms with Crippen molar-refractivity contribution in [2.24, 2.45) is 0 Å². The van der Waals surface area contributed by atoms with Crippen LogP contribution in [-0.2, 0) is 0 Å². The molecule has 1 fully saturated rings. The lowest BCUT2D eigenvalue weighted by Gasteiger charge is -2.13. The van der Waals surface area contributed by atoms with Gasteiger partial charge >= 0.3 is 0 Å². The van der Waals surface area contributed by atoms with E-state index in [1.807, 2.05) is 0 Å². The van der Waals surface area contributed by atoms with Crippen LogP contribution >= 0.6 is 12.2 Å². The molecular weight excluding hydrogens is 237 g/mol. The van der Waals surface area contributed by atoms with Crippen LogP contribution in [0.25, 0.3) is 11.0 Å². The molecule has 1 aromatic heterocycles. The molecule has 1 N–H and O–H groups in total. The number of imidazole rings is 1. The van der Waals surface area contributed by atoms with Crippen LogP contribution in [0.3, 0.4) is 0 Å². The summed E-state index contributed by atoms with van der Waals surface area (Å²) in [6.07, 6.45) is 1.09. The normalized spacial score (nSPS) is 21.4. The van der Waals surface area contributed by atoms with E-state index in [0.29, 0.717) is 10.8 Å². The van der Waals surface area contributed by atoms with Crippen LogP contribution in [0.4, 0.5) is 4.39 Å². The van der Waals surface area contributed by atoms with E-state index in [9.17, 15) is 4.39 Å². The third-order valence-corrected chi connectivity index (χ3v) is 3.71. The van der Waals surface area contributed by atoms with E-state index in [2.05, 4.69) is 21.5 Å². The number of rotatable bonds is 1. The highest BCUT2D eigenvalue weighted by molar-refractivity contribution is 7.71. The number of H-pyrrole nitrogens is 1. The zero-order chi connectivity index (χ0) is 12.0. The number of fused-ring (bicyclic) bond motifs is 1. The summed E-state index contributed by atoms with van der Waals surface area (Å²) in [4.78, 5) is 5.37. The Balaban J connectivity index is 2.15. The lowest BCUT2D eigenvalue weighted by atomic mass is 10.2. The molecule has 2 heterocycles. The van der Waals surface area contributed by atoms with Crippen molar-refractivity contribution in [1.29, 1.82) is 0 Å². The zero-order valence-corrected chi connectivity index (χ0v) is 10.4. The maximum Gasteiger partial charge on any atom is 0.178 e. The molecule has 0 spiro atoms. The molecule has 1 aliphatic heterocycles. The summed E-state index contributed by atoms with van der Waals surface area (Å²) in [7, 11) is 2.11. The van der Waals surface area contributed by atoms with Gasteiger partial charge in [0.25, 0.3) is 0 Å². The summed E-state index contributed by atoms with van der Waals surface area (Å²) in [5.74, 6) is -0.232. The summed E-state index contributed by atoms with van der Waals surface area (Å²) in [6, 6.07) is 5.18. The van der Waals surface area contributed by atoms with Gasteiger partial charge in [0.1, 0.15) is 5.82 Å². The number of nitrogens with zero attached hydrogens (tertiary/aromatic N) is 2. The largest absolute Gasteiger partial charge is 0.330 e. The Morgan fingerprint density at radius 3 is 3.00 bits per heavy atom. The third-order valence-electron chi connectivity index (χ3n) is 3.41. The van der Waals surface area contributed by atoms with Crippen molar-refractivity contribution in [1.82, 2.24) is 14.5 Å². The molecule has 3 rings (SSSR count). The number of hydrogen-bond acceptors (Lipinski definition) is 2. The monoisotopic (exact) mass is 251 g/mol. The second-order valence-corrected chi connectivity index (χ2v) is 5.05. The SMILES string of the molecule is CN1CCC(n2c(=S)[nH]c3cc(F)ccc32)C1. The van der Waals surface area contributed by atoms with Crippen LogP contribution in [0.15, 0.2) is 18.2 Å². The number of aromatic nitrogens is 2. The Morgan fingerprint density at radius 1 is 1.47 bits per heavy atom. The molecule has 0 radical (unpaired) electrons. The first-order valence-electron chi connectivity index (χ1n) is 5.73. The van der Waals surface area contributed by atoms with Gasteiger partial charge in [-0.15, -0.1) is 0 Å². The molecular formula is C12H14FN3S. The van der Waals surface area contributed by atoms with Gasteiger partial charge in [-0.25, -0.2) is 4.39 Å². The van der Waals surface area contributed by atoms with E-state index in [1.54, 1.807) is 6.07 Å². The zero-order valence-electron chi connectivity index (χ0n) is 9.61. The molecule has 1 unspecified atom stereocenters. The second-order valence-electron chi connectivity index (χ2n) is 4.67. The van der Waals surface area contributed by atoms with Crippen LogP contribution in [0.1, 0.15) is 12.5 Å². The summed E-state index contributed by atoms with van der Waals surface area (Å²) < 4.78 is 16.0. The molecule has 17 heavy (non-hydrogen) atoms. The molecule has 5 heteroatoms. The van der Waals surface area contributed by atoms with E-state index in [4.69, 9.17) is 12.2 Å². The number of aromatic amines is 1. The third kappa shape index (κ3) is 1.79. The molecule has 0 aliphatic carbocycles. The highest BCUT2D eigenvalue weighted by Crippen LogP contribution is 2.26. The summed E-state index contributed by atoms with van der Waals surface area (Å²) >= 11 is 5.34. The van der Waals surface area contributed by atoms with E-state index in [-0.39, 0.29) is 5.82 Å². The van der Waals surface area contributed by atoms with E-state index >= 15 is 0 Å². The molecule has 3 nitrogen and oxygen atoms in total. The van der Waals surface area contributed by atoms with Crippen molar-refractivity contribution < 1.29 is 4.39 Å². The quantitative estimate of drug-likeness (QED) is 0.788. The van der Waals surface area contributed by atoms with Gasteiger partial charge in [0, 0.05) is 6.54 Å². The minimum absolute atomic E-state index is 0.232. The molecule has 1 aromatic carbocycles. The van der Waals surface area contributed by atoms with Crippen molar-refractivity contribution in [2.75, 3.05) is 20.1 Å². The average molecular weight is 251 g/mol. The number of likely N-dealkylation sites (tertiary alicyclic amines) is 1. The first kappa shape index (κ1) is 10.9. The average Bonchev–Trinajstić information content (AvgIpc) is 2.80. The van der Waals surface area contributed by atoms with Gasteiger partial charge in [-0.1, -0.05) is 0 Å². The Morgan fingerprint density at radius 2 is 2.29 bits per heavy atom. The standard InChI is InChI=1S/C12H14FN3S/c1-15-5-4-9(7-15)16-11-3-2-8(13)6-10(11)14-12(16)17/h2-3,6,9H,4-5,7H2,1H3,(H,14,17). The fourth-order valence-corrected chi connectivity index (χ4v) is 2.95.